The fourth-order valence-electron chi connectivity index (χ4n) is 11.9. The molecule has 2 aliphatic carbocycles. The summed E-state index contributed by atoms with van der Waals surface area (Å²) in [5.41, 5.74) is 5.30. The zero-order valence-electron chi connectivity index (χ0n) is 46.4. The van der Waals surface area contributed by atoms with Crippen molar-refractivity contribution >= 4 is 11.9 Å². The van der Waals surface area contributed by atoms with Crippen LogP contribution >= 0.6 is 0 Å². The van der Waals surface area contributed by atoms with E-state index in [2.05, 4.69) is 22.8 Å². The molecule has 3 heterocycles. The molecule has 3 fully saturated rings. The van der Waals surface area contributed by atoms with Gasteiger partial charge in [0, 0.05) is 96.5 Å². The van der Waals surface area contributed by atoms with Gasteiger partial charge in [0.2, 0.25) is 5.91 Å². The summed E-state index contributed by atoms with van der Waals surface area (Å²) in [5, 5.41) is 16.9. The molecule has 432 valence electrons. The summed E-state index contributed by atoms with van der Waals surface area (Å²) < 4.78 is 105. The number of rotatable bonds is 27. The smallest absolute Gasteiger partial charge is 0.306 e. The summed E-state index contributed by atoms with van der Waals surface area (Å²) in [4.78, 5) is 26.7. The van der Waals surface area contributed by atoms with Crippen LogP contribution in [0.4, 0.5) is 0 Å². The molecule has 2 aromatic rings. The van der Waals surface area contributed by atoms with Crippen molar-refractivity contribution in [1.82, 2.24) is 10.6 Å². The number of benzene rings is 2. The molecule has 1 amide bonds. The Hall–Kier alpha value is -3.60. The number of carbonyl (C=O) groups excluding carboxylic acids is 2. The van der Waals surface area contributed by atoms with Crippen LogP contribution in [0.15, 0.2) is 60.2 Å². The van der Waals surface area contributed by atoms with Crippen LogP contribution in [-0.4, -0.2) is 238 Å². The highest BCUT2D eigenvalue weighted by Gasteiger charge is 2.56. The summed E-state index contributed by atoms with van der Waals surface area (Å²) in [5.74, 6) is -1.41. The average Bonchev–Trinajstić information content (AvgIpc) is 3.79. The highest BCUT2D eigenvalue weighted by molar-refractivity contribution is 5.82. The fraction of sp³-hybridized carbons (Fsp3) is 0.709. The van der Waals surface area contributed by atoms with E-state index in [1.165, 1.54) is 42.7 Å². The first kappa shape index (κ1) is 61.0. The van der Waals surface area contributed by atoms with E-state index in [0.29, 0.717) is 6.61 Å². The van der Waals surface area contributed by atoms with Gasteiger partial charge in [-0.1, -0.05) is 54.6 Å². The number of nitrogens with one attached hydrogen (secondary N) is 2. The number of aliphatic hydroxyl groups excluding tert-OH is 1. The van der Waals surface area contributed by atoms with Crippen LogP contribution in [-0.2, 0) is 90.1 Å². The van der Waals surface area contributed by atoms with E-state index in [-0.39, 0.29) is 51.1 Å². The molecule has 8 unspecified atom stereocenters. The number of amides is 1. The predicted molar refractivity (Wildman–Crippen MR) is 275 cm³/mol. The van der Waals surface area contributed by atoms with E-state index >= 15 is 0 Å². The summed E-state index contributed by atoms with van der Waals surface area (Å²) >= 11 is 0. The van der Waals surface area contributed by atoms with Gasteiger partial charge in [-0.25, -0.2) is 0 Å². The minimum Gasteiger partial charge on any atom is -0.465 e. The second-order valence-electron chi connectivity index (χ2n) is 19.7. The summed E-state index contributed by atoms with van der Waals surface area (Å²) in [7, 11) is 17.0. The number of aliphatic hydroxyl groups is 1. The molecule has 3 saturated heterocycles. The van der Waals surface area contributed by atoms with Gasteiger partial charge < -0.3 is 96.3 Å². The monoisotopic (exact) mass is 1090 g/mol. The van der Waals surface area contributed by atoms with E-state index in [1.807, 2.05) is 49.4 Å². The van der Waals surface area contributed by atoms with Crippen molar-refractivity contribution in [2.45, 2.75) is 136 Å². The van der Waals surface area contributed by atoms with Gasteiger partial charge in [0.25, 0.3) is 0 Å². The summed E-state index contributed by atoms with van der Waals surface area (Å²) in [6.45, 7) is 2.25. The molecule has 0 aromatic heterocycles. The van der Waals surface area contributed by atoms with Crippen LogP contribution in [0.1, 0.15) is 36.8 Å². The lowest BCUT2D eigenvalue weighted by Crippen LogP contribution is -2.69. The van der Waals surface area contributed by atoms with Gasteiger partial charge in [0.05, 0.1) is 57.1 Å². The lowest BCUT2D eigenvalue weighted by molar-refractivity contribution is -0.375. The second kappa shape index (κ2) is 29.2. The van der Waals surface area contributed by atoms with E-state index < -0.39 is 122 Å². The van der Waals surface area contributed by atoms with Crippen LogP contribution in [0.25, 0.3) is 11.1 Å². The van der Waals surface area contributed by atoms with Gasteiger partial charge in [-0.2, -0.15) is 0 Å². The molecule has 22 nitrogen and oxygen atoms in total. The van der Waals surface area contributed by atoms with Crippen LogP contribution in [0, 0.1) is 5.92 Å². The Morgan fingerprint density at radius 2 is 1.08 bits per heavy atom. The zero-order valence-corrected chi connectivity index (χ0v) is 46.4. The van der Waals surface area contributed by atoms with Gasteiger partial charge in [0.15, 0.2) is 18.8 Å². The van der Waals surface area contributed by atoms with Crippen molar-refractivity contribution in [3.63, 3.8) is 0 Å². The van der Waals surface area contributed by atoms with Gasteiger partial charge >= 0.3 is 5.97 Å². The first-order chi connectivity index (χ1) is 37.4. The van der Waals surface area contributed by atoms with Crippen molar-refractivity contribution < 1.29 is 95.2 Å². The average molecular weight is 1090 g/mol. The molecular weight excluding hydrogens is 1010 g/mol. The van der Waals surface area contributed by atoms with Crippen LogP contribution < -0.4 is 10.6 Å². The molecule has 0 spiro atoms. The lowest BCUT2D eigenvalue weighted by atomic mass is 9.80. The molecule has 3 N–H and O–H groups in total. The van der Waals surface area contributed by atoms with E-state index in [4.69, 9.17) is 80.5 Å². The molecule has 2 aromatic carbocycles. The number of hydrogen-bond acceptors (Lipinski definition) is 21. The Morgan fingerprint density at radius 1 is 0.558 bits per heavy atom. The van der Waals surface area contributed by atoms with Crippen molar-refractivity contribution in [2.24, 2.45) is 5.92 Å². The summed E-state index contributed by atoms with van der Waals surface area (Å²) in [6, 6.07) is 15.3. The van der Waals surface area contributed by atoms with Crippen LogP contribution in [0.5, 0.6) is 0 Å². The molecule has 77 heavy (non-hydrogen) atoms. The maximum absolute atomic E-state index is 13.5. The van der Waals surface area contributed by atoms with Crippen molar-refractivity contribution in [1.29, 1.82) is 0 Å². The molecule has 19 atom stereocenters. The normalized spacial score (nSPS) is 35.2. The second-order valence-corrected chi connectivity index (χ2v) is 19.7. The van der Waals surface area contributed by atoms with E-state index in [1.54, 1.807) is 35.5 Å². The first-order valence-corrected chi connectivity index (χ1v) is 26.1. The number of hydrogen-bond donors (Lipinski definition) is 3. The Balaban J connectivity index is 1.01. The van der Waals surface area contributed by atoms with Crippen molar-refractivity contribution in [3.05, 3.63) is 71.3 Å². The Kier molecular flexibility index (Phi) is 23.2. The molecule has 0 radical (unpaired) electrons. The Labute approximate surface area is 452 Å². The number of fused-ring (bicyclic) bond motifs is 3. The fourth-order valence-corrected chi connectivity index (χ4v) is 11.9. The number of esters is 1. The van der Waals surface area contributed by atoms with Gasteiger partial charge in [0.1, 0.15) is 73.8 Å². The minimum atomic E-state index is -1.14. The highest BCUT2D eigenvalue weighted by atomic mass is 16.8. The van der Waals surface area contributed by atoms with E-state index in [0.717, 1.165) is 27.8 Å². The minimum absolute atomic E-state index is 0.0120. The number of carbonyl (C=O) groups is 2. The molecule has 3 aliphatic heterocycles. The topological polar surface area (TPSA) is 235 Å². The quantitative estimate of drug-likeness (QED) is 0.0859. The molecule has 0 bridgehead atoms. The number of methoxy groups -OCH3 is 11. The maximum Gasteiger partial charge on any atom is 0.306 e. The first-order valence-electron chi connectivity index (χ1n) is 26.1. The van der Waals surface area contributed by atoms with Gasteiger partial charge in [-0.05, 0) is 34.8 Å². The largest absolute Gasteiger partial charge is 0.465 e. The Morgan fingerprint density at radius 3 is 1.61 bits per heavy atom. The molecule has 22 heteroatoms. The summed E-state index contributed by atoms with van der Waals surface area (Å²) in [6.07, 6.45) is -11.4. The molecule has 0 saturated carbocycles. The van der Waals surface area contributed by atoms with Crippen LogP contribution in [0.3, 0.4) is 0 Å². The van der Waals surface area contributed by atoms with Gasteiger partial charge in [-0.3, -0.25) is 9.59 Å². The third-order valence-electron chi connectivity index (χ3n) is 15.5. The third kappa shape index (κ3) is 13.4. The molecular formula is C55H82N2O20. The predicted octanol–water partition coefficient (Wildman–Crippen LogP) is 2.14. The lowest BCUT2D eigenvalue weighted by Gasteiger charge is -2.51. The SMILES string of the molecule is COCC1=C[C@H](N[C@@H]2C(C)O[C@H](O[C@@H]3C(COC)O[C@H](O[C@@H]4C(COC)OC(NC(=O)CCC(=O)OCC5c6ccccc6-c6ccccc65)C(OC)[C@@H]4OC)C(OC)[C@@H]3OC)C(OC)[C@@H]2OC)C(OC)[C@H](OC)[C@H]1CO. The third-order valence-corrected chi connectivity index (χ3v) is 15.5. The molecule has 7 rings (SSSR count). The molecule has 5 aliphatic rings. The van der Waals surface area contributed by atoms with Crippen LogP contribution in [0.2, 0.25) is 0 Å². The van der Waals surface area contributed by atoms with Gasteiger partial charge in [-0.15, -0.1) is 0 Å². The highest BCUT2D eigenvalue weighted by Crippen LogP contribution is 2.45. The van der Waals surface area contributed by atoms with Crippen molar-refractivity contribution in [2.75, 3.05) is 111 Å². The maximum atomic E-state index is 13.5. The van der Waals surface area contributed by atoms with E-state index in [9.17, 15) is 14.7 Å². The Bertz CT molecular complexity index is 2140. The van der Waals surface area contributed by atoms with Crippen molar-refractivity contribution in [3.8, 4) is 11.1 Å². The zero-order chi connectivity index (χ0) is 55.3. The number of ether oxygens (including phenoxy) is 17. The standard InChI is InChI=1S/C55H82N2O20/c1-29-42(56-37-23-30(25-61-2)35(24-58)43(64-5)44(37)65-6)47(66-7)51(70-11)54(73-29)76-46-39(28-63-4)75-55(52(71-12)49(46)68-9)77-45-38(27-62-3)74-53(50(69-10)48(45)67-8)57-40(59)21-22-41(60)72-26-36-33-19-15-13-17-31(33)32-18-14-16-20-34(32)36/h13-20,23,29,35-39,42-56,58H,21-22,24-28H2,1-12H3,(H,57,59)/t29?,35-,37-,38?,39?,42+,43+,44?,45+,46+,47+,48+,49+,50?,51?,52?,53?,54+,55+/m0/s1.